The van der Waals surface area contributed by atoms with Crippen molar-refractivity contribution in [2.45, 2.75) is 38.3 Å². The zero-order valence-corrected chi connectivity index (χ0v) is 22.9. The summed E-state index contributed by atoms with van der Waals surface area (Å²) in [4.78, 5) is 25.0. The van der Waals surface area contributed by atoms with Gasteiger partial charge in [-0.1, -0.05) is 12.1 Å². The Kier molecular flexibility index (Phi) is 7.46. The van der Waals surface area contributed by atoms with Crippen LogP contribution >= 0.6 is 0 Å². The fourth-order valence-corrected chi connectivity index (χ4v) is 5.66. The van der Waals surface area contributed by atoms with Crippen LogP contribution in [0.4, 0.5) is 36.2 Å². The third kappa shape index (κ3) is 6.24. The third-order valence-corrected chi connectivity index (χ3v) is 8.07. The molecule has 1 aromatic heterocycles. The van der Waals surface area contributed by atoms with Gasteiger partial charge in [0, 0.05) is 56.4 Å². The molecule has 1 aliphatic carbocycles. The van der Waals surface area contributed by atoms with Gasteiger partial charge in [0.15, 0.2) is 0 Å². The van der Waals surface area contributed by atoms with Crippen molar-refractivity contribution in [1.29, 1.82) is 0 Å². The average molecular weight is 567 g/mol. The van der Waals surface area contributed by atoms with E-state index in [1.54, 1.807) is 19.2 Å². The Morgan fingerprint density at radius 3 is 2.63 bits per heavy atom. The Balaban J connectivity index is 1.18. The first-order chi connectivity index (χ1) is 19.8. The summed E-state index contributed by atoms with van der Waals surface area (Å²) in [6.45, 7) is 5.12. The molecule has 0 radical (unpaired) electrons. The Bertz CT molecular complexity index is 1430. The highest BCUT2D eigenvalue weighted by Gasteiger charge is 2.35. The van der Waals surface area contributed by atoms with Crippen LogP contribution in [0.2, 0.25) is 0 Å². The van der Waals surface area contributed by atoms with Gasteiger partial charge < -0.3 is 20.3 Å². The fraction of sp³-hybridized carbons (Fsp3) is 0.433. The monoisotopic (exact) mass is 566 g/mol. The molecule has 2 aliphatic heterocycles. The molecule has 3 aromatic rings. The zero-order valence-electron chi connectivity index (χ0n) is 22.9. The summed E-state index contributed by atoms with van der Waals surface area (Å²) in [6.07, 6.45) is -0.488. The van der Waals surface area contributed by atoms with Crippen LogP contribution in [0.1, 0.15) is 35.2 Å². The number of hydrogen-bond donors (Lipinski definition) is 2. The normalized spacial score (nSPS) is 17.4. The van der Waals surface area contributed by atoms with Crippen LogP contribution in [-0.2, 0) is 30.2 Å². The number of hydrogen-bond acceptors (Lipinski definition) is 7. The molecule has 1 amide bonds. The summed E-state index contributed by atoms with van der Waals surface area (Å²) in [6, 6.07) is 11.2. The van der Waals surface area contributed by atoms with Gasteiger partial charge >= 0.3 is 6.18 Å². The molecule has 0 unspecified atom stereocenters. The van der Waals surface area contributed by atoms with Crippen LogP contribution in [0.3, 0.4) is 0 Å². The molecular formula is C30H33F3N6O2. The molecule has 2 fully saturated rings. The maximum atomic E-state index is 13.9. The largest absolute Gasteiger partial charge is 0.494 e. The highest BCUT2D eigenvalue weighted by atomic mass is 19.4. The van der Waals surface area contributed by atoms with Gasteiger partial charge in [-0.15, -0.1) is 0 Å². The van der Waals surface area contributed by atoms with Crippen molar-refractivity contribution >= 4 is 28.9 Å². The number of benzene rings is 2. The number of carbonyl (C=O) groups excluding carboxylic acids is 1. The topological polar surface area (TPSA) is 82.6 Å². The Morgan fingerprint density at radius 1 is 1.10 bits per heavy atom. The average Bonchev–Trinajstić information content (AvgIpc) is 3.68. The highest BCUT2D eigenvalue weighted by molar-refractivity contribution is 5.99. The number of alkyl halides is 3. The minimum atomic E-state index is -4.59. The number of aromatic nitrogens is 2. The highest BCUT2D eigenvalue weighted by Crippen LogP contribution is 2.36. The van der Waals surface area contributed by atoms with E-state index in [9.17, 15) is 18.0 Å². The van der Waals surface area contributed by atoms with Crippen molar-refractivity contribution in [2.75, 3.05) is 55.4 Å². The van der Waals surface area contributed by atoms with E-state index >= 15 is 0 Å². The first-order valence-corrected chi connectivity index (χ1v) is 14.0. The van der Waals surface area contributed by atoms with Gasteiger partial charge in [-0.05, 0) is 60.9 Å². The second-order valence-corrected chi connectivity index (χ2v) is 11.0. The number of anilines is 4. The van der Waals surface area contributed by atoms with Gasteiger partial charge in [-0.2, -0.15) is 13.2 Å². The number of rotatable bonds is 9. The number of carbonyl (C=O) groups is 1. The predicted octanol–water partition coefficient (Wildman–Crippen LogP) is 5.06. The van der Waals surface area contributed by atoms with Crippen LogP contribution in [-0.4, -0.2) is 60.6 Å². The Labute approximate surface area is 236 Å². The number of aryl methyl sites for hydroxylation is 2. The van der Waals surface area contributed by atoms with E-state index in [1.807, 2.05) is 24.3 Å². The number of ether oxygens (including phenoxy) is 1. The molecule has 2 aromatic carbocycles. The van der Waals surface area contributed by atoms with E-state index in [1.165, 1.54) is 19.4 Å². The lowest BCUT2D eigenvalue weighted by molar-refractivity contribution is -0.138. The summed E-state index contributed by atoms with van der Waals surface area (Å²) in [7, 11) is 1.56. The van der Waals surface area contributed by atoms with Gasteiger partial charge in [0.1, 0.15) is 5.75 Å². The summed E-state index contributed by atoms with van der Waals surface area (Å²) in [5.74, 6) is 1.38. The zero-order chi connectivity index (χ0) is 28.6. The van der Waals surface area contributed by atoms with Gasteiger partial charge in [-0.25, -0.2) is 9.97 Å². The quantitative estimate of drug-likeness (QED) is 0.375. The second kappa shape index (κ2) is 11.2. The van der Waals surface area contributed by atoms with Gasteiger partial charge in [-0.3, -0.25) is 9.69 Å². The van der Waals surface area contributed by atoms with Crippen LogP contribution in [0, 0.1) is 5.92 Å². The molecule has 1 saturated heterocycles. The predicted molar refractivity (Wildman–Crippen MR) is 151 cm³/mol. The van der Waals surface area contributed by atoms with Gasteiger partial charge in [0.05, 0.1) is 30.5 Å². The number of methoxy groups -OCH3 is 1. The smallest absolute Gasteiger partial charge is 0.419 e. The van der Waals surface area contributed by atoms with Crippen molar-refractivity contribution in [3.05, 3.63) is 65.0 Å². The summed E-state index contributed by atoms with van der Waals surface area (Å²) < 4.78 is 47.2. The lowest BCUT2D eigenvalue weighted by atomic mass is 9.98. The number of halogens is 3. The molecule has 3 heterocycles. The van der Waals surface area contributed by atoms with Crippen molar-refractivity contribution in [2.24, 2.45) is 5.92 Å². The fourth-order valence-electron chi connectivity index (χ4n) is 5.66. The maximum Gasteiger partial charge on any atom is 0.419 e. The third-order valence-electron chi connectivity index (χ3n) is 8.07. The molecule has 0 atom stereocenters. The van der Waals surface area contributed by atoms with E-state index in [0.717, 1.165) is 55.1 Å². The lowest BCUT2D eigenvalue weighted by Gasteiger charge is -2.36. The molecule has 41 heavy (non-hydrogen) atoms. The van der Waals surface area contributed by atoms with Crippen molar-refractivity contribution < 1.29 is 22.7 Å². The van der Waals surface area contributed by atoms with E-state index in [2.05, 4.69) is 30.4 Å². The first-order valence-electron chi connectivity index (χ1n) is 14.0. The standard InChI is InChI=1S/C30H33F3N6O2/c1-41-27-15-21(39-13-11-38(12-14-39)18-19-5-6-19)8-10-26(27)37-29-34-17-23(30(31,32)33)25(36-29)9-7-20-3-2-4-24-22(20)16-28(40)35-24/h2-4,8,10,15,17,19H,5-7,9,11-14,16,18H2,1H3,(H,35,40)(H,34,36,37). The lowest BCUT2D eigenvalue weighted by Crippen LogP contribution is -2.47. The summed E-state index contributed by atoms with van der Waals surface area (Å²) in [5.41, 5.74) is 3.00. The Morgan fingerprint density at radius 2 is 1.90 bits per heavy atom. The minimum Gasteiger partial charge on any atom is -0.494 e. The molecular weight excluding hydrogens is 533 g/mol. The van der Waals surface area contributed by atoms with Crippen LogP contribution in [0.25, 0.3) is 0 Å². The molecule has 2 N–H and O–H groups in total. The van der Waals surface area contributed by atoms with Crippen LogP contribution in [0.15, 0.2) is 42.6 Å². The molecule has 216 valence electrons. The number of nitrogens with one attached hydrogen (secondary N) is 2. The SMILES string of the molecule is COc1cc(N2CCN(CC3CC3)CC2)ccc1Nc1ncc(C(F)(F)F)c(CCc2cccc3c2CC(=O)N3)n1. The number of fused-ring (bicyclic) bond motifs is 1. The number of nitrogens with zero attached hydrogens (tertiary/aromatic N) is 4. The molecule has 3 aliphatic rings. The van der Waals surface area contributed by atoms with E-state index in [-0.39, 0.29) is 30.4 Å². The summed E-state index contributed by atoms with van der Waals surface area (Å²) >= 11 is 0. The Hall–Kier alpha value is -3.86. The van der Waals surface area contributed by atoms with Crippen molar-refractivity contribution in [3.8, 4) is 5.75 Å². The molecule has 11 heteroatoms. The van der Waals surface area contributed by atoms with Crippen LogP contribution < -0.4 is 20.3 Å². The van der Waals surface area contributed by atoms with E-state index in [0.29, 0.717) is 23.5 Å². The first kappa shape index (κ1) is 27.3. The van der Waals surface area contributed by atoms with E-state index < -0.39 is 11.7 Å². The van der Waals surface area contributed by atoms with Gasteiger partial charge in [0.25, 0.3) is 0 Å². The number of piperazine rings is 1. The van der Waals surface area contributed by atoms with Crippen molar-refractivity contribution in [1.82, 2.24) is 14.9 Å². The minimum absolute atomic E-state index is 0.0412. The maximum absolute atomic E-state index is 13.9. The summed E-state index contributed by atoms with van der Waals surface area (Å²) in [5, 5.41) is 5.84. The molecule has 8 nitrogen and oxygen atoms in total. The van der Waals surface area contributed by atoms with Crippen LogP contribution in [0.5, 0.6) is 5.75 Å². The molecule has 0 bridgehead atoms. The number of amides is 1. The molecule has 1 saturated carbocycles. The van der Waals surface area contributed by atoms with Gasteiger partial charge in [0.2, 0.25) is 11.9 Å². The van der Waals surface area contributed by atoms with Crippen molar-refractivity contribution in [3.63, 3.8) is 0 Å². The van der Waals surface area contributed by atoms with E-state index in [4.69, 9.17) is 4.74 Å². The molecule has 6 rings (SSSR count). The molecule has 0 spiro atoms. The second-order valence-electron chi connectivity index (χ2n) is 11.0.